The summed E-state index contributed by atoms with van der Waals surface area (Å²) in [6, 6.07) is 0. The molecule has 0 N–H and O–H groups in total. The average Bonchev–Trinajstić information content (AvgIpc) is 2.00. The summed E-state index contributed by atoms with van der Waals surface area (Å²) in [5, 5.41) is -0.469. The molecule has 0 amide bonds. The second-order valence-corrected chi connectivity index (χ2v) is 10.4. The van der Waals surface area contributed by atoms with E-state index in [2.05, 4.69) is 26.2 Å². The molecule has 0 aliphatic carbocycles. The number of hydrogen-bond donors (Lipinski definition) is 0. The summed E-state index contributed by atoms with van der Waals surface area (Å²) in [6.07, 6.45) is 0. The molecule has 82 valence electrons. The van der Waals surface area contributed by atoms with Gasteiger partial charge in [-0.2, -0.15) is 0 Å². The summed E-state index contributed by atoms with van der Waals surface area (Å²) >= 11 is 0. The molecule has 14 heavy (non-hydrogen) atoms. The van der Waals surface area contributed by atoms with E-state index in [1.165, 1.54) is 0 Å². The molecule has 2 nitrogen and oxygen atoms in total. The Kier molecular flexibility index (Phi) is 4.12. The van der Waals surface area contributed by atoms with Crippen molar-refractivity contribution in [2.24, 2.45) is 0 Å². The minimum absolute atomic E-state index is 0.119. The topological polar surface area (TPSA) is 26.3 Å². The molecule has 0 spiro atoms. The number of rotatable bonds is 4. The molecule has 0 aliphatic heterocycles. The highest BCUT2D eigenvalue weighted by atomic mass is 28.3. The molecule has 0 aromatic heterocycles. The van der Waals surface area contributed by atoms with Gasteiger partial charge < -0.3 is 4.74 Å². The molecular formula is C11H22O2Si. The van der Waals surface area contributed by atoms with Crippen molar-refractivity contribution >= 4 is 14.0 Å². The minimum atomic E-state index is -1.65. The van der Waals surface area contributed by atoms with Gasteiger partial charge in [0.2, 0.25) is 0 Å². The van der Waals surface area contributed by atoms with Gasteiger partial charge in [-0.15, -0.1) is 0 Å². The van der Waals surface area contributed by atoms with Crippen LogP contribution in [0.2, 0.25) is 24.7 Å². The van der Waals surface area contributed by atoms with Crippen LogP contribution < -0.4 is 0 Å². The first-order valence-electron chi connectivity index (χ1n) is 5.01. The Morgan fingerprint density at radius 1 is 1.43 bits per heavy atom. The van der Waals surface area contributed by atoms with E-state index in [1.807, 2.05) is 20.8 Å². The van der Waals surface area contributed by atoms with Crippen LogP contribution in [0.4, 0.5) is 0 Å². The first-order valence-corrected chi connectivity index (χ1v) is 8.51. The number of ether oxygens (including phenoxy) is 1. The first kappa shape index (κ1) is 13.4. The molecule has 3 heteroatoms. The highest BCUT2D eigenvalue weighted by Crippen LogP contribution is 2.44. The molecule has 0 saturated carbocycles. The largest absolute Gasteiger partial charge is 0.466 e. The third-order valence-corrected chi connectivity index (χ3v) is 6.67. The summed E-state index contributed by atoms with van der Waals surface area (Å²) < 4.78 is 5.13. The number of carbonyl (C=O) groups excluding carboxylic acids is 1. The predicted octanol–water partition coefficient (Wildman–Crippen LogP) is 3.22. The van der Waals surface area contributed by atoms with Crippen LogP contribution in [0, 0.1) is 0 Å². The smallest absolute Gasteiger partial charge is 0.312 e. The van der Waals surface area contributed by atoms with Gasteiger partial charge in [0.1, 0.15) is 0 Å². The first-order chi connectivity index (χ1) is 6.17. The Hall–Kier alpha value is -0.573. The van der Waals surface area contributed by atoms with Crippen molar-refractivity contribution in [2.45, 2.75) is 45.5 Å². The Morgan fingerprint density at radius 3 is 2.07 bits per heavy atom. The number of esters is 1. The third-order valence-electron chi connectivity index (χ3n) is 3.04. The normalized spacial score (nSPS) is 15.9. The average molecular weight is 214 g/mol. The van der Waals surface area contributed by atoms with Crippen molar-refractivity contribution < 1.29 is 9.53 Å². The van der Waals surface area contributed by atoms with Crippen LogP contribution in [-0.2, 0) is 9.53 Å². The molecule has 0 aliphatic rings. The van der Waals surface area contributed by atoms with E-state index >= 15 is 0 Å². The van der Waals surface area contributed by atoms with E-state index in [-0.39, 0.29) is 5.97 Å². The molecule has 0 saturated heterocycles. The van der Waals surface area contributed by atoms with Crippen LogP contribution in [0.3, 0.4) is 0 Å². The Morgan fingerprint density at radius 2 is 1.86 bits per heavy atom. The van der Waals surface area contributed by atoms with Crippen molar-refractivity contribution in [2.75, 3.05) is 6.61 Å². The zero-order chi connectivity index (χ0) is 11.6. The lowest BCUT2D eigenvalue weighted by Gasteiger charge is -2.38. The monoisotopic (exact) mass is 214 g/mol. The van der Waals surface area contributed by atoms with Crippen molar-refractivity contribution in [3.05, 3.63) is 12.2 Å². The fourth-order valence-corrected chi connectivity index (χ4v) is 3.36. The lowest BCUT2D eigenvalue weighted by molar-refractivity contribution is -0.145. The zero-order valence-corrected chi connectivity index (χ0v) is 11.2. The molecule has 0 fully saturated rings. The summed E-state index contributed by atoms with van der Waals surface area (Å²) in [5.74, 6) is -0.119. The van der Waals surface area contributed by atoms with Crippen LogP contribution in [0.15, 0.2) is 12.2 Å². The van der Waals surface area contributed by atoms with E-state index in [0.717, 1.165) is 5.57 Å². The van der Waals surface area contributed by atoms with E-state index in [9.17, 15) is 4.79 Å². The summed E-state index contributed by atoms with van der Waals surface area (Å²) in [4.78, 5) is 11.9. The maximum Gasteiger partial charge on any atom is 0.312 e. The molecular weight excluding hydrogens is 192 g/mol. The maximum atomic E-state index is 11.9. The fourth-order valence-electron chi connectivity index (χ4n) is 1.40. The van der Waals surface area contributed by atoms with E-state index in [4.69, 9.17) is 4.74 Å². The van der Waals surface area contributed by atoms with Gasteiger partial charge in [0, 0.05) is 0 Å². The fraction of sp³-hybridized carbons (Fsp3) is 0.727. The van der Waals surface area contributed by atoms with Crippen LogP contribution in [0.25, 0.3) is 0 Å². The van der Waals surface area contributed by atoms with Crippen molar-refractivity contribution in [1.82, 2.24) is 0 Å². The predicted molar refractivity (Wildman–Crippen MR) is 63.2 cm³/mol. The lowest BCUT2D eigenvalue weighted by Crippen LogP contribution is -2.44. The van der Waals surface area contributed by atoms with Crippen molar-refractivity contribution in [1.29, 1.82) is 0 Å². The van der Waals surface area contributed by atoms with E-state index in [0.29, 0.717) is 6.61 Å². The summed E-state index contributed by atoms with van der Waals surface area (Å²) in [7, 11) is -1.65. The van der Waals surface area contributed by atoms with Gasteiger partial charge in [-0.1, -0.05) is 31.8 Å². The Bertz CT molecular complexity index is 240. The molecule has 0 rings (SSSR count). The van der Waals surface area contributed by atoms with Gasteiger partial charge in [0.05, 0.1) is 19.7 Å². The minimum Gasteiger partial charge on any atom is -0.466 e. The van der Waals surface area contributed by atoms with E-state index in [1.54, 1.807) is 0 Å². The zero-order valence-electron chi connectivity index (χ0n) is 10.2. The standard InChI is InChI=1S/C11H22O2Si/c1-8-13-10(12)11(4,9(2)3)14(5,6)7/h2,8H2,1,3-7H3. The maximum absolute atomic E-state index is 11.9. The van der Waals surface area contributed by atoms with Crippen LogP contribution in [0.1, 0.15) is 20.8 Å². The number of hydrogen-bond acceptors (Lipinski definition) is 2. The molecule has 0 bridgehead atoms. The van der Waals surface area contributed by atoms with E-state index < -0.39 is 13.1 Å². The summed E-state index contributed by atoms with van der Waals surface area (Å²) in [6.45, 7) is 16.6. The molecule has 0 heterocycles. The molecule has 1 atom stereocenters. The SMILES string of the molecule is C=C(C)C(C)(C(=O)OCC)[Si](C)(C)C. The van der Waals surface area contributed by atoms with Crippen LogP contribution in [-0.4, -0.2) is 20.7 Å². The highest BCUT2D eigenvalue weighted by Gasteiger charge is 2.47. The van der Waals surface area contributed by atoms with Gasteiger partial charge in [-0.25, -0.2) is 0 Å². The Balaban J connectivity index is 5.12. The highest BCUT2D eigenvalue weighted by molar-refractivity contribution is 6.83. The quantitative estimate of drug-likeness (QED) is 0.408. The second kappa shape index (κ2) is 4.30. The van der Waals surface area contributed by atoms with Gasteiger partial charge in [-0.3, -0.25) is 4.79 Å². The third kappa shape index (κ3) is 2.26. The van der Waals surface area contributed by atoms with Gasteiger partial charge in [0.25, 0.3) is 0 Å². The second-order valence-electron chi connectivity index (χ2n) is 4.88. The number of carbonyl (C=O) groups is 1. The van der Waals surface area contributed by atoms with Gasteiger partial charge in [0.15, 0.2) is 0 Å². The van der Waals surface area contributed by atoms with Crippen LogP contribution in [0.5, 0.6) is 0 Å². The van der Waals surface area contributed by atoms with Crippen LogP contribution >= 0.6 is 0 Å². The molecule has 0 radical (unpaired) electrons. The lowest BCUT2D eigenvalue weighted by atomic mass is 10.0. The molecule has 0 aromatic rings. The van der Waals surface area contributed by atoms with Crippen molar-refractivity contribution in [3.8, 4) is 0 Å². The Labute approximate surface area is 88.4 Å². The van der Waals surface area contributed by atoms with Crippen molar-refractivity contribution in [3.63, 3.8) is 0 Å². The molecule has 0 aromatic carbocycles. The van der Waals surface area contributed by atoms with Gasteiger partial charge >= 0.3 is 5.97 Å². The summed E-state index contributed by atoms with van der Waals surface area (Å²) in [5.41, 5.74) is 0.912. The molecule has 1 unspecified atom stereocenters. The van der Waals surface area contributed by atoms with Gasteiger partial charge in [-0.05, 0) is 20.8 Å².